The predicted molar refractivity (Wildman–Crippen MR) is 124 cm³/mol. The van der Waals surface area contributed by atoms with E-state index >= 15 is 0 Å². The van der Waals surface area contributed by atoms with Crippen molar-refractivity contribution in [2.24, 2.45) is 0 Å². The lowest BCUT2D eigenvalue weighted by Gasteiger charge is -2.28. The number of amides is 2. The van der Waals surface area contributed by atoms with Gasteiger partial charge >= 0.3 is 6.03 Å². The van der Waals surface area contributed by atoms with Crippen molar-refractivity contribution in [3.05, 3.63) is 41.0 Å². The van der Waals surface area contributed by atoms with Gasteiger partial charge in [0.05, 0.1) is 16.6 Å². The molecule has 0 radical (unpaired) electrons. The Hall–Kier alpha value is -2.28. The molecule has 3 aromatic rings. The maximum absolute atomic E-state index is 12.8. The van der Waals surface area contributed by atoms with Gasteiger partial charge in [-0.3, -0.25) is 0 Å². The highest BCUT2D eigenvalue weighted by Gasteiger charge is 2.24. The Morgan fingerprint density at radius 1 is 1.00 bits per heavy atom. The highest BCUT2D eigenvalue weighted by molar-refractivity contribution is 9.10. The van der Waals surface area contributed by atoms with Crippen molar-refractivity contribution in [1.82, 2.24) is 19.6 Å². The third kappa shape index (κ3) is 3.87. The van der Waals surface area contributed by atoms with Crippen molar-refractivity contribution in [2.45, 2.75) is 44.6 Å². The lowest BCUT2D eigenvalue weighted by Crippen LogP contribution is -2.46. The largest absolute Gasteiger partial charge is 0.353 e. The van der Waals surface area contributed by atoms with Crippen LogP contribution in [0.25, 0.3) is 16.6 Å². The first kappa shape index (κ1) is 19.7. The fourth-order valence-corrected chi connectivity index (χ4v) is 5.16. The molecule has 1 aliphatic heterocycles. The van der Waals surface area contributed by atoms with Gasteiger partial charge in [0.25, 0.3) is 0 Å². The molecule has 2 fully saturated rings. The molecule has 3 heterocycles. The van der Waals surface area contributed by atoms with Crippen LogP contribution in [0.4, 0.5) is 10.6 Å². The van der Waals surface area contributed by atoms with Crippen molar-refractivity contribution in [3.8, 4) is 0 Å². The van der Waals surface area contributed by atoms with E-state index in [0.717, 1.165) is 72.3 Å². The number of carbonyl (C=O) groups excluding carboxylic acids is 1. The van der Waals surface area contributed by atoms with Crippen LogP contribution in [-0.2, 0) is 0 Å². The Kier molecular flexibility index (Phi) is 5.54. The van der Waals surface area contributed by atoms with E-state index in [1.54, 1.807) is 0 Å². The number of fused-ring (bicyclic) bond motifs is 3. The first-order chi connectivity index (χ1) is 14.7. The molecule has 0 spiro atoms. The third-order valence-corrected chi connectivity index (χ3v) is 6.91. The monoisotopic (exact) mass is 469 g/mol. The lowest BCUT2D eigenvalue weighted by molar-refractivity contribution is 0.193. The summed E-state index contributed by atoms with van der Waals surface area (Å²) in [5, 5.41) is 3.27. The number of carbonyl (C=O) groups is 1. The Bertz CT molecular complexity index is 1060. The number of hydrogen-bond donors (Lipinski definition) is 1. The van der Waals surface area contributed by atoms with Gasteiger partial charge in [0.15, 0.2) is 5.82 Å². The van der Waals surface area contributed by atoms with E-state index in [0.29, 0.717) is 6.04 Å². The first-order valence-electron chi connectivity index (χ1n) is 11.1. The Labute approximate surface area is 185 Å². The summed E-state index contributed by atoms with van der Waals surface area (Å²) >= 11 is 3.57. The van der Waals surface area contributed by atoms with Crippen LogP contribution in [-0.4, -0.2) is 52.5 Å². The molecule has 1 saturated carbocycles. The number of benzene rings is 1. The minimum Gasteiger partial charge on any atom is -0.353 e. The van der Waals surface area contributed by atoms with Gasteiger partial charge < -0.3 is 19.5 Å². The molecule has 0 bridgehead atoms. The molecule has 1 N–H and O–H groups in total. The van der Waals surface area contributed by atoms with Crippen LogP contribution < -0.4 is 10.2 Å². The summed E-state index contributed by atoms with van der Waals surface area (Å²) in [7, 11) is 0. The standard InChI is InChI=1S/C23H28BrN5O/c24-17-9-10-20-19(16-17)26-22(21-8-4-13-29(20)21)27-11-5-12-28(15-14-27)23(30)25-18-6-2-1-3-7-18/h4,8-10,13,16,18H,1-3,5-7,11-12,14-15H2,(H,25,30). The maximum atomic E-state index is 12.8. The molecule has 1 saturated heterocycles. The molecule has 6 nitrogen and oxygen atoms in total. The summed E-state index contributed by atoms with van der Waals surface area (Å²) in [5.41, 5.74) is 3.19. The van der Waals surface area contributed by atoms with Crippen LogP contribution in [0.3, 0.4) is 0 Å². The second-order valence-electron chi connectivity index (χ2n) is 8.44. The molecule has 0 atom stereocenters. The number of nitrogens with zero attached hydrogens (tertiary/aromatic N) is 4. The zero-order chi connectivity index (χ0) is 20.5. The van der Waals surface area contributed by atoms with Gasteiger partial charge in [0.1, 0.15) is 0 Å². The van der Waals surface area contributed by atoms with Gasteiger partial charge in [-0.25, -0.2) is 9.78 Å². The normalized spacial score (nSPS) is 18.7. The topological polar surface area (TPSA) is 52.9 Å². The number of urea groups is 1. The van der Waals surface area contributed by atoms with Crippen LogP contribution in [0.2, 0.25) is 0 Å². The number of rotatable bonds is 2. The average Bonchev–Trinajstić information content (AvgIpc) is 3.11. The molecule has 1 aliphatic carbocycles. The molecule has 2 aliphatic rings. The van der Waals surface area contributed by atoms with Crippen LogP contribution >= 0.6 is 15.9 Å². The van der Waals surface area contributed by atoms with Crippen molar-refractivity contribution >= 4 is 44.3 Å². The molecule has 7 heteroatoms. The van der Waals surface area contributed by atoms with Crippen molar-refractivity contribution in [3.63, 3.8) is 0 Å². The highest BCUT2D eigenvalue weighted by atomic mass is 79.9. The summed E-state index contributed by atoms with van der Waals surface area (Å²) in [6, 6.07) is 10.9. The second kappa shape index (κ2) is 8.46. The van der Waals surface area contributed by atoms with Gasteiger partial charge in [-0.15, -0.1) is 0 Å². The fourth-order valence-electron chi connectivity index (χ4n) is 4.81. The molecule has 0 unspecified atom stereocenters. The minimum absolute atomic E-state index is 0.104. The SMILES string of the molecule is O=C(NC1CCCCC1)N1CCCN(c2nc3cc(Br)ccc3n3cccc23)CC1. The Morgan fingerprint density at radius 2 is 1.87 bits per heavy atom. The van der Waals surface area contributed by atoms with Gasteiger partial charge in [-0.05, 0) is 49.6 Å². The van der Waals surface area contributed by atoms with Crippen molar-refractivity contribution in [1.29, 1.82) is 0 Å². The third-order valence-electron chi connectivity index (χ3n) is 6.42. The Balaban J connectivity index is 1.36. The zero-order valence-corrected chi connectivity index (χ0v) is 18.8. The summed E-state index contributed by atoms with van der Waals surface area (Å²) in [6.07, 6.45) is 9.05. The number of anilines is 1. The number of aromatic nitrogens is 2. The first-order valence-corrected chi connectivity index (χ1v) is 11.8. The fraction of sp³-hybridized carbons (Fsp3) is 0.478. The van der Waals surface area contributed by atoms with E-state index in [1.807, 2.05) is 4.90 Å². The van der Waals surface area contributed by atoms with Crippen LogP contribution in [0.5, 0.6) is 0 Å². The number of halogens is 1. The van der Waals surface area contributed by atoms with Gasteiger partial charge in [-0.2, -0.15) is 0 Å². The molecule has 30 heavy (non-hydrogen) atoms. The highest BCUT2D eigenvalue weighted by Crippen LogP contribution is 2.28. The smallest absolute Gasteiger partial charge is 0.317 e. The minimum atomic E-state index is 0.104. The summed E-state index contributed by atoms with van der Waals surface area (Å²) in [4.78, 5) is 22.2. The van der Waals surface area contributed by atoms with E-state index in [4.69, 9.17) is 4.98 Å². The second-order valence-corrected chi connectivity index (χ2v) is 9.36. The molecular weight excluding hydrogens is 442 g/mol. The van der Waals surface area contributed by atoms with E-state index in [9.17, 15) is 4.79 Å². The quantitative estimate of drug-likeness (QED) is 0.585. The molecule has 2 aromatic heterocycles. The molecule has 2 amide bonds. The van der Waals surface area contributed by atoms with Crippen molar-refractivity contribution < 1.29 is 4.79 Å². The molecule has 5 rings (SSSR count). The van der Waals surface area contributed by atoms with E-state index in [1.165, 1.54) is 19.3 Å². The summed E-state index contributed by atoms with van der Waals surface area (Å²) < 4.78 is 3.24. The van der Waals surface area contributed by atoms with Crippen molar-refractivity contribution in [2.75, 3.05) is 31.1 Å². The number of nitrogens with one attached hydrogen (secondary N) is 1. The molecule has 158 valence electrons. The van der Waals surface area contributed by atoms with E-state index < -0.39 is 0 Å². The van der Waals surface area contributed by atoms with Crippen LogP contribution in [0, 0.1) is 0 Å². The lowest BCUT2D eigenvalue weighted by atomic mass is 9.96. The number of hydrogen-bond acceptors (Lipinski definition) is 3. The average molecular weight is 470 g/mol. The molecule has 1 aromatic carbocycles. The van der Waals surface area contributed by atoms with Gasteiger partial charge in [0, 0.05) is 42.9 Å². The molecular formula is C23H28BrN5O. The zero-order valence-electron chi connectivity index (χ0n) is 17.2. The summed E-state index contributed by atoms with van der Waals surface area (Å²) in [6.45, 7) is 3.22. The maximum Gasteiger partial charge on any atom is 0.317 e. The Morgan fingerprint density at radius 3 is 2.73 bits per heavy atom. The van der Waals surface area contributed by atoms with Crippen LogP contribution in [0.15, 0.2) is 41.0 Å². The van der Waals surface area contributed by atoms with Gasteiger partial charge in [0.2, 0.25) is 0 Å². The van der Waals surface area contributed by atoms with Gasteiger partial charge in [-0.1, -0.05) is 35.2 Å². The van der Waals surface area contributed by atoms with E-state index in [2.05, 4.69) is 67.1 Å². The van der Waals surface area contributed by atoms with Crippen LogP contribution in [0.1, 0.15) is 38.5 Å². The predicted octanol–water partition coefficient (Wildman–Crippen LogP) is 4.80. The van der Waals surface area contributed by atoms with E-state index in [-0.39, 0.29) is 6.03 Å². The summed E-state index contributed by atoms with van der Waals surface area (Å²) in [5.74, 6) is 1.00.